The predicted molar refractivity (Wildman–Crippen MR) is 81.7 cm³/mol. The van der Waals surface area contributed by atoms with Gasteiger partial charge in [-0.1, -0.05) is 37.1 Å². The number of rotatable bonds is 3. The third kappa shape index (κ3) is 3.39. The number of hydrogen-bond acceptors (Lipinski definition) is 6. The minimum Gasteiger partial charge on any atom is -0.361 e. The fraction of sp³-hybridized carbons (Fsp3) is 0.400. The van der Waals surface area contributed by atoms with E-state index in [0.29, 0.717) is 17.0 Å². The van der Waals surface area contributed by atoms with Crippen LogP contribution in [0.5, 0.6) is 0 Å². The van der Waals surface area contributed by atoms with Crippen molar-refractivity contribution in [3.8, 4) is 0 Å². The van der Waals surface area contributed by atoms with E-state index in [0.717, 1.165) is 10.6 Å². The second-order valence-corrected chi connectivity index (χ2v) is 6.69. The van der Waals surface area contributed by atoms with Gasteiger partial charge < -0.3 is 9.36 Å². The highest BCUT2D eigenvalue weighted by Gasteiger charge is 2.25. The van der Waals surface area contributed by atoms with Crippen molar-refractivity contribution in [2.75, 3.05) is 0 Å². The number of thiophene rings is 1. The number of carbonyl (C=O) groups excluding carboxylic acids is 1. The average Bonchev–Trinajstić information content (AvgIpc) is 2.98. The van der Waals surface area contributed by atoms with Crippen LogP contribution in [-0.2, 0) is 4.84 Å². The zero-order valence-corrected chi connectivity index (χ0v) is 13.6. The van der Waals surface area contributed by atoms with Crippen LogP contribution in [0.3, 0.4) is 0 Å². The summed E-state index contributed by atoms with van der Waals surface area (Å²) in [5.41, 5.74) is 1.33. The highest BCUT2D eigenvalue weighted by Crippen LogP contribution is 2.25. The van der Waals surface area contributed by atoms with Crippen LogP contribution in [0.2, 0.25) is 0 Å². The Balaban J connectivity index is 2.27. The second kappa shape index (κ2) is 5.81. The fourth-order valence-corrected chi connectivity index (χ4v) is 2.79. The smallest absolute Gasteiger partial charge is 0.361 e. The summed E-state index contributed by atoms with van der Waals surface area (Å²) in [4.78, 5) is 18.2. The van der Waals surface area contributed by atoms with Crippen LogP contribution in [0.4, 0.5) is 0 Å². The standard InChI is InChI=1S/C15H18N2O3S/c1-9-12(10(2)19-16-9)14(18)20-17-13(15(3,4)5)11-7-6-8-21-11/h6-8H,1-5H3. The monoisotopic (exact) mass is 306 g/mol. The molecular weight excluding hydrogens is 288 g/mol. The molecule has 0 saturated heterocycles. The van der Waals surface area contributed by atoms with Crippen molar-refractivity contribution in [2.24, 2.45) is 10.6 Å². The lowest BCUT2D eigenvalue weighted by atomic mass is 9.89. The van der Waals surface area contributed by atoms with E-state index in [-0.39, 0.29) is 5.41 Å². The lowest BCUT2D eigenvalue weighted by Crippen LogP contribution is -2.21. The Kier molecular flexibility index (Phi) is 4.27. The highest BCUT2D eigenvalue weighted by atomic mass is 32.1. The fourth-order valence-electron chi connectivity index (χ4n) is 1.87. The Hall–Kier alpha value is -1.95. The molecule has 6 heteroatoms. The van der Waals surface area contributed by atoms with Gasteiger partial charge in [-0.3, -0.25) is 0 Å². The first-order valence-corrected chi connectivity index (χ1v) is 7.45. The summed E-state index contributed by atoms with van der Waals surface area (Å²) in [5, 5.41) is 9.79. The first-order valence-electron chi connectivity index (χ1n) is 6.57. The molecule has 0 fully saturated rings. The summed E-state index contributed by atoms with van der Waals surface area (Å²) in [7, 11) is 0. The molecule has 0 N–H and O–H groups in total. The van der Waals surface area contributed by atoms with Crippen LogP contribution < -0.4 is 0 Å². The number of carbonyl (C=O) groups is 1. The summed E-state index contributed by atoms with van der Waals surface area (Å²) >= 11 is 1.56. The van der Waals surface area contributed by atoms with Gasteiger partial charge in [-0.15, -0.1) is 11.3 Å². The van der Waals surface area contributed by atoms with E-state index in [4.69, 9.17) is 9.36 Å². The van der Waals surface area contributed by atoms with E-state index in [1.807, 2.05) is 38.3 Å². The minimum atomic E-state index is -0.551. The van der Waals surface area contributed by atoms with Gasteiger partial charge >= 0.3 is 5.97 Å². The Morgan fingerprint density at radius 1 is 1.38 bits per heavy atom. The predicted octanol–water partition coefficient (Wildman–Crippen LogP) is 3.96. The van der Waals surface area contributed by atoms with Gasteiger partial charge in [0.2, 0.25) is 0 Å². The molecular formula is C15H18N2O3S. The number of hydrogen-bond donors (Lipinski definition) is 0. The van der Waals surface area contributed by atoms with Gasteiger partial charge in [-0.05, 0) is 25.3 Å². The van der Waals surface area contributed by atoms with Gasteiger partial charge in [0.1, 0.15) is 17.0 Å². The second-order valence-electron chi connectivity index (χ2n) is 5.75. The molecule has 0 aliphatic carbocycles. The lowest BCUT2D eigenvalue weighted by Gasteiger charge is -2.19. The molecule has 2 rings (SSSR count). The molecule has 0 aromatic carbocycles. The van der Waals surface area contributed by atoms with Crippen molar-refractivity contribution in [2.45, 2.75) is 34.6 Å². The zero-order valence-electron chi connectivity index (χ0n) is 12.8. The summed E-state index contributed by atoms with van der Waals surface area (Å²) in [6, 6.07) is 3.90. The van der Waals surface area contributed by atoms with Crippen molar-refractivity contribution < 1.29 is 14.2 Å². The van der Waals surface area contributed by atoms with Crippen LogP contribution in [0, 0.1) is 19.3 Å². The van der Waals surface area contributed by atoms with E-state index < -0.39 is 5.97 Å². The molecule has 0 bridgehead atoms. The van der Waals surface area contributed by atoms with Gasteiger partial charge in [0.25, 0.3) is 0 Å². The normalized spacial score (nSPS) is 12.5. The number of nitrogens with zero attached hydrogens (tertiary/aromatic N) is 2. The molecule has 0 spiro atoms. The van der Waals surface area contributed by atoms with E-state index in [1.165, 1.54) is 0 Å². The van der Waals surface area contributed by atoms with Crippen molar-refractivity contribution >= 4 is 23.0 Å². The number of aromatic nitrogens is 1. The molecule has 2 aromatic rings. The maximum absolute atomic E-state index is 12.1. The van der Waals surface area contributed by atoms with Gasteiger partial charge in [0, 0.05) is 5.41 Å². The lowest BCUT2D eigenvalue weighted by molar-refractivity contribution is 0.0510. The molecule has 0 aliphatic heterocycles. The first kappa shape index (κ1) is 15.4. The Morgan fingerprint density at radius 2 is 2.10 bits per heavy atom. The zero-order chi connectivity index (χ0) is 15.6. The third-order valence-electron chi connectivity index (χ3n) is 2.92. The van der Waals surface area contributed by atoms with E-state index in [1.54, 1.807) is 25.2 Å². The molecule has 0 unspecified atom stereocenters. The SMILES string of the molecule is Cc1noc(C)c1C(=O)ON=C(c1cccs1)C(C)(C)C. The summed E-state index contributed by atoms with van der Waals surface area (Å²) in [6.07, 6.45) is 0. The van der Waals surface area contributed by atoms with E-state index >= 15 is 0 Å². The molecule has 0 radical (unpaired) electrons. The van der Waals surface area contributed by atoms with Gasteiger partial charge in [-0.25, -0.2) is 4.79 Å². The Morgan fingerprint density at radius 3 is 2.57 bits per heavy atom. The third-order valence-corrected chi connectivity index (χ3v) is 3.80. The molecule has 0 atom stereocenters. The molecule has 0 amide bonds. The van der Waals surface area contributed by atoms with Crippen LogP contribution >= 0.6 is 11.3 Å². The number of aryl methyl sites for hydroxylation is 2. The molecule has 0 aliphatic rings. The quantitative estimate of drug-likeness (QED) is 0.489. The average molecular weight is 306 g/mol. The minimum absolute atomic E-state index is 0.232. The molecule has 2 aromatic heterocycles. The molecule has 112 valence electrons. The van der Waals surface area contributed by atoms with Crippen LogP contribution in [0.15, 0.2) is 27.2 Å². The summed E-state index contributed by atoms with van der Waals surface area (Å²) in [5.74, 6) is -0.120. The highest BCUT2D eigenvalue weighted by molar-refractivity contribution is 7.12. The van der Waals surface area contributed by atoms with Gasteiger partial charge in [0.05, 0.1) is 10.6 Å². The van der Waals surface area contributed by atoms with Crippen molar-refractivity contribution in [3.63, 3.8) is 0 Å². The topological polar surface area (TPSA) is 64.7 Å². The van der Waals surface area contributed by atoms with Crippen molar-refractivity contribution in [1.82, 2.24) is 5.16 Å². The molecule has 21 heavy (non-hydrogen) atoms. The van der Waals surface area contributed by atoms with Crippen LogP contribution in [0.25, 0.3) is 0 Å². The molecule has 2 heterocycles. The van der Waals surface area contributed by atoms with Crippen LogP contribution in [0.1, 0.15) is 47.5 Å². The van der Waals surface area contributed by atoms with Crippen LogP contribution in [-0.4, -0.2) is 16.8 Å². The Labute approximate surface area is 127 Å². The van der Waals surface area contributed by atoms with Gasteiger partial charge in [0.15, 0.2) is 0 Å². The summed E-state index contributed by atoms with van der Waals surface area (Å²) in [6.45, 7) is 9.44. The maximum atomic E-state index is 12.1. The Bertz CT molecular complexity index is 644. The molecule has 5 nitrogen and oxygen atoms in total. The van der Waals surface area contributed by atoms with Crippen molar-refractivity contribution in [1.29, 1.82) is 0 Å². The maximum Gasteiger partial charge on any atom is 0.371 e. The first-order chi connectivity index (χ1) is 9.80. The van der Waals surface area contributed by atoms with E-state index in [2.05, 4.69) is 10.3 Å². The number of oxime groups is 1. The van der Waals surface area contributed by atoms with Gasteiger partial charge in [-0.2, -0.15) is 0 Å². The van der Waals surface area contributed by atoms with E-state index in [9.17, 15) is 4.79 Å². The van der Waals surface area contributed by atoms with Crippen molar-refractivity contribution in [3.05, 3.63) is 39.4 Å². The summed E-state index contributed by atoms with van der Waals surface area (Å²) < 4.78 is 4.97. The molecule has 0 saturated carbocycles. The largest absolute Gasteiger partial charge is 0.371 e.